The summed E-state index contributed by atoms with van der Waals surface area (Å²) in [5, 5.41) is 0. The van der Waals surface area contributed by atoms with Gasteiger partial charge in [0, 0.05) is 0 Å². The Morgan fingerprint density at radius 3 is 2.31 bits per heavy atom. The van der Waals surface area contributed by atoms with E-state index in [1.165, 1.54) is 36.5 Å². The fraction of sp³-hybridized carbons (Fsp3) is 0.478. The summed E-state index contributed by atoms with van der Waals surface area (Å²) >= 11 is 0. The molecule has 0 amide bonds. The summed E-state index contributed by atoms with van der Waals surface area (Å²) in [7, 11) is 0. The molecule has 0 heterocycles. The van der Waals surface area contributed by atoms with Crippen LogP contribution in [0.3, 0.4) is 0 Å². The van der Waals surface area contributed by atoms with E-state index in [1.54, 1.807) is 0 Å². The van der Waals surface area contributed by atoms with Gasteiger partial charge >= 0.3 is 0 Å². The zero-order valence-electron chi connectivity index (χ0n) is 15.5. The van der Waals surface area contributed by atoms with Crippen LogP contribution in [0, 0.1) is 23.4 Å². The molecule has 0 fully saturated rings. The molecule has 140 valence electrons. The highest BCUT2D eigenvalue weighted by Gasteiger charge is 2.25. The second kappa shape index (κ2) is 8.75. The summed E-state index contributed by atoms with van der Waals surface area (Å²) in [6, 6.07) is 10.0. The van der Waals surface area contributed by atoms with Crippen LogP contribution >= 0.6 is 0 Å². The van der Waals surface area contributed by atoms with Gasteiger partial charge in [-0.1, -0.05) is 44.0 Å². The highest BCUT2D eigenvalue weighted by atomic mass is 19.2. The normalized spacial score (nSPS) is 16.5. The summed E-state index contributed by atoms with van der Waals surface area (Å²) < 4.78 is 40.7. The van der Waals surface area contributed by atoms with Gasteiger partial charge in [0.05, 0.1) is 0 Å². The first-order chi connectivity index (χ1) is 12.6. The molecule has 0 saturated carbocycles. The SMILES string of the molecule is CCCCCc1ccc(CCC2CCc3c(cc(F)c(F)c3F)C2)cc1. The Labute approximate surface area is 154 Å². The van der Waals surface area contributed by atoms with Crippen molar-refractivity contribution in [3.8, 4) is 0 Å². The van der Waals surface area contributed by atoms with Gasteiger partial charge in [0.25, 0.3) is 0 Å². The van der Waals surface area contributed by atoms with Crippen molar-refractivity contribution in [1.82, 2.24) is 0 Å². The van der Waals surface area contributed by atoms with E-state index in [0.29, 0.717) is 29.9 Å². The maximum Gasteiger partial charge on any atom is 0.194 e. The van der Waals surface area contributed by atoms with E-state index >= 15 is 0 Å². The van der Waals surface area contributed by atoms with Crippen LogP contribution < -0.4 is 0 Å². The van der Waals surface area contributed by atoms with Crippen LogP contribution in [0.25, 0.3) is 0 Å². The van der Waals surface area contributed by atoms with Crippen LogP contribution in [0.2, 0.25) is 0 Å². The van der Waals surface area contributed by atoms with Gasteiger partial charge < -0.3 is 0 Å². The van der Waals surface area contributed by atoms with Crippen molar-refractivity contribution in [2.45, 2.75) is 64.7 Å². The molecule has 3 rings (SSSR count). The quantitative estimate of drug-likeness (QED) is 0.387. The monoisotopic (exact) mass is 360 g/mol. The van der Waals surface area contributed by atoms with Gasteiger partial charge in [0.1, 0.15) is 0 Å². The highest BCUT2D eigenvalue weighted by Crippen LogP contribution is 2.32. The zero-order chi connectivity index (χ0) is 18.5. The number of hydrogen-bond donors (Lipinski definition) is 0. The smallest absolute Gasteiger partial charge is 0.194 e. The number of rotatable bonds is 7. The van der Waals surface area contributed by atoms with Crippen molar-refractivity contribution in [3.05, 3.63) is 70.0 Å². The summed E-state index contributed by atoms with van der Waals surface area (Å²) in [5.74, 6) is -2.99. The first kappa shape index (κ1) is 19.0. The van der Waals surface area contributed by atoms with Gasteiger partial charge in [-0.3, -0.25) is 0 Å². The van der Waals surface area contributed by atoms with Crippen molar-refractivity contribution < 1.29 is 13.2 Å². The molecule has 0 saturated heterocycles. The number of fused-ring (bicyclic) bond motifs is 1. The van der Waals surface area contributed by atoms with E-state index in [-0.39, 0.29) is 0 Å². The number of benzene rings is 2. The minimum absolute atomic E-state index is 0.372. The van der Waals surface area contributed by atoms with Crippen LogP contribution in [-0.2, 0) is 25.7 Å². The molecule has 0 N–H and O–H groups in total. The maximum atomic E-state index is 13.9. The molecule has 0 radical (unpaired) electrons. The molecular formula is C23H27F3. The van der Waals surface area contributed by atoms with Crippen LogP contribution in [0.4, 0.5) is 13.2 Å². The third-order valence-corrected chi connectivity index (χ3v) is 5.60. The lowest BCUT2D eigenvalue weighted by molar-refractivity contribution is 0.394. The van der Waals surface area contributed by atoms with Crippen LogP contribution in [0.1, 0.15) is 61.3 Å². The van der Waals surface area contributed by atoms with Crippen molar-refractivity contribution in [3.63, 3.8) is 0 Å². The Morgan fingerprint density at radius 1 is 0.923 bits per heavy atom. The zero-order valence-corrected chi connectivity index (χ0v) is 15.5. The molecule has 0 bridgehead atoms. The largest absolute Gasteiger partial charge is 0.204 e. The van der Waals surface area contributed by atoms with Crippen LogP contribution in [0.5, 0.6) is 0 Å². The van der Waals surface area contributed by atoms with Gasteiger partial charge in [-0.25, -0.2) is 13.2 Å². The molecule has 0 nitrogen and oxygen atoms in total. The lowest BCUT2D eigenvalue weighted by atomic mass is 9.80. The van der Waals surface area contributed by atoms with Crippen molar-refractivity contribution in [2.24, 2.45) is 5.92 Å². The highest BCUT2D eigenvalue weighted by molar-refractivity contribution is 5.33. The van der Waals surface area contributed by atoms with Gasteiger partial charge in [-0.2, -0.15) is 0 Å². The average molecular weight is 360 g/mol. The van der Waals surface area contributed by atoms with Crippen LogP contribution in [-0.4, -0.2) is 0 Å². The molecule has 2 aromatic carbocycles. The summed E-state index contributed by atoms with van der Waals surface area (Å²) in [4.78, 5) is 0. The van der Waals surface area contributed by atoms with Gasteiger partial charge in [-0.05, 0) is 79.2 Å². The molecular weight excluding hydrogens is 333 g/mol. The van der Waals surface area contributed by atoms with E-state index in [0.717, 1.165) is 25.7 Å². The minimum Gasteiger partial charge on any atom is -0.204 e. The van der Waals surface area contributed by atoms with Crippen LogP contribution in [0.15, 0.2) is 30.3 Å². The number of hydrogen-bond acceptors (Lipinski definition) is 0. The van der Waals surface area contributed by atoms with Crippen molar-refractivity contribution >= 4 is 0 Å². The Hall–Kier alpha value is -1.77. The summed E-state index contributed by atoms with van der Waals surface area (Å²) in [5.41, 5.74) is 3.72. The van der Waals surface area contributed by atoms with Crippen molar-refractivity contribution in [1.29, 1.82) is 0 Å². The predicted molar refractivity (Wildman–Crippen MR) is 99.8 cm³/mol. The first-order valence-electron chi connectivity index (χ1n) is 9.81. The predicted octanol–water partition coefficient (Wildman–Crippen LogP) is 6.57. The third kappa shape index (κ3) is 4.49. The molecule has 1 atom stereocenters. The molecule has 26 heavy (non-hydrogen) atoms. The molecule has 1 aliphatic carbocycles. The summed E-state index contributed by atoms with van der Waals surface area (Å²) in [6.07, 6.45) is 8.84. The summed E-state index contributed by atoms with van der Waals surface area (Å²) in [6.45, 7) is 2.21. The fourth-order valence-corrected chi connectivity index (χ4v) is 3.96. The number of unbranched alkanes of at least 4 members (excludes halogenated alkanes) is 2. The maximum absolute atomic E-state index is 13.9. The Balaban J connectivity index is 1.55. The number of aryl methyl sites for hydroxylation is 2. The second-order valence-corrected chi connectivity index (χ2v) is 7.55. The fourth-order valence-electron chi connectivity index (χ4n) is 3.96. The standard InChI is InChI=1S/C23H27F3/c1-2-3-4-5-16-6-8-17(9-7-16)10-11-18-12-13-20-19(14-18)15-21(24)23(26)22(20)25/h6-9,15,18H,2-5,10-14H2,1H3. The first-order valence-corrected chi connectivity index (χ1v) is 9.81. The third-order valence-electron chi connectivity index (χ3n) is 5.60. The van der Waals surface area contributed by atoms with E-state index < -0.39 is 17.5 Å². The molecule has 0 aliphatic heterocycles. The van der Waals surface area contributed by atoms with Gasteiger partial charge in [-0.15, -0.1) is 0 Å². The Bertz CT molecular complexity index is 734. The van der Waals surface area contributed by atoms with E-state index in [1.807, 2.05) is 0 Å². The van der Waals surface area contributed by atoms with E-state index in [4.69, 9.17) is 0 Å². The van der Waals surface area contributed by atoms with Crippen molar-refractivity contribution in [2.75, 3.05) is 0 Å². The molecule has 1 aliphatic rings. The van der Waals surface area contributed by atoms with Gasteiger partial charge in [0.2, 0.25) is 0 Å². The molecule has 0 aromatic heterocycles. The molecule has 2 aromatic rings. The molecule has 0 spiro atoms. The molecule has 3 heteroatoms. The lowest BCUT2D eigenvalue weighted by Crippen LogP contribution is -2.18. The minimum atomic E-state index is -1.33. The molecule has 1 unspecified atom stereocenters. The second-order valence-electron chi connectivity index (χ2n) is 7.55. The Morgan fingerprint density at radius 2 is 1.62 bits per heavy atom. The van der Waals surface area contributed by atoms with E-state index in [9.17, 15) is 13.2 Å². The lowest BCUT2D eigenvalue weighted by Gasteiger charge is -2.25. The van der Waals surface area contributed by atoms with E-state index in [2.05, 4.69) is 31.2 Å². The number of halogens is 3. The average Bonchev–Trinajstić information content (AvgIpc) is 2.65. The Kier molecular flexibility index (Phi) is 6.39. The topological polar surface area (TPSA) is 0 Å². The van der Waals surface area contributed by atoms with Gasteiger partial charge in [0.15, 0.2) is 17.5 Å².